The van der Waals surface area contributed by atoms with Gasteiger partial charge < -0.3 is 0 Å². The van der Waals surface area contributed by atoms with Crippen molar-refractivity contribution >= 4 is 40.0 Å². The third-order valence-corrected chi connectivity index (χ3v) is 2.89. The minimum Gasteiger partial charge on any atom is -0.292 e. The summed E-state index contributed by atoms with van der Waals surface area (Å²) in [6.45, 7) is 3.66. The molecule has 0 N–H and O–H groups in total. The number of rotatable bonds is 2. The Kier molecular flexibility index (Phi) is 3.74. The van der Waals surface area contributed by atoms with E-state index in [-0.39, 0.29) is 5.78 Å². The molecule has 0 saturated heterocycles. The van der Waals surface area contributed by atoms with E-state index in [0.717, 1.165) is 14.7 Å². The molecule has 0 aliphatic rings. The fraction of sp³-hybridized carbons (Fsp3) is 0.300. The van der Waals surface area contributed by atoms with Crippen LogP contribution in [0.25, 0.3) is 0 Å². The molecule has 0 aliphatic heterocycles. The molecule has 0 radical (unpaired) electrons. The van der Waals surface area contributed by atoms with Gasteiger partial charge in [-0.25, -0.2) is 0 Å². The first-order valence-electron chi connectivity index (χ1n) is 3.97. The Morgan fingerprint density at radius 3 is 2.69 bits per heavy atom. The second-order valence-corrected chi connectivity index (χ2v) is 4.78. The van der Waals surface area contributed by atoms with Crippen molar-refractivity contribution in [3.8, 4) is 0 Å². The number of benzene rings is 1. The van der Waals surface area contributed by atoms with Gasteiger partial charge in [0.15, 0.2) is 5.78 Å². The smallest absolute Gasteiger partial charge is 0.181 e. The Morgan fingerprint density at radius 1 is 1.54 bits per heavy atom. The summed E-state index contributed by atoms with van der Waals surface area (Å²) < 4.78 is 0.959. The number of hydrogen-bond acceptors (Lipinski definition) is 1. The highest BCUT2D eigenvalue weighted by Gasteiger charge is 2.14. The molecular weight excluding hydrogens is 298 g/mol. The molecule has 1 atom stereocenters. The predicted molar refractivity (Wildman–Crippen MR) is 63.5 cm³/mol. The van der Waals surface area contributed by atoms with E-state index in [4.69, 9.17) is 11.6 Å². The summed E-state index contributed by atoms with van der Waals surface area (Å²) in [6.07, 6.45) is 0. The van der Waals surface area contributed by atoms with Crippen LogP contribution in [0.2, 0.25) is 0 Å². The molecular formula is C10H10ClIO. The van der Waals surface area contributed by atoms with E-state index in [1.165, 1.54) is 0 Å². The molecule has 1 rings (SSSR count). The van der Waals surface area contributed by atoms with Crippen molar-refractivity contribution in [2.75, 3.05) is 0 Å². The van der Waals surface area contributed by atoms with Gasteiger partial charge in [-0.3, -0.25) is 4.79 Å². The Labute approximate surface area is 96.6 Å². The highest BCUT2D eigenvalue weighted by molar-refractivity contribution is 14.1. The number of aryl methyl sites for hydroxylation is 1. The maximum atomic E-state index is 11.6. The van der Waals surface area contributed by atoms with Crippen LogP contribution in [0.15, 0.2) is 18.2 Å². The first kappa shape index (κ1) is 11.0. The topological polar surface area (TPSA) is 17.1 Å². The second kappa shape index (κ2) is 4.42. The largest absolute Gasteiger partial charge is 0.292 e. The molecule has 70 valence electrons. The minimum absolute atomic E-state index is 0.00485. The fourth-order valence-electron chi connectivity index (χ4n) is 1.04. The number of hydrogen-bond donors (Lipinski definition) is 0. The lowest BCUT2D eigenvalue weighted by Gasteiger charge is -2.05. The van der Waals surface area contributed by atoms with Crippen LogP contribution in [0.3, 0.4) is 0 Å². The van der Waals surface area contributed by atoms with Crippen molar-refractivity contribution in [3.05, 3.63) is 32.9 Å². The highest BCUT2D eigenvalue weighted by Crippen LogP contribution is 2.17. The third kappa shape index (κ3) is 2.68. The Balaban J connectivity index is 3.13. The molecule has 1 aromatic rings. The molecule has 0 aliphatic carbocycles. The van der Waals surface area contributed by atoms with Crippen molar-refractivity contribution in [2.24, 2.45) is 0 Å². The number of Topliss-reactive ketones (excluding diaryl/α,β-unsaturated/α-hetero) is 1. The van der Waals surface area contributed by atoms with E-state index < -0.39 is 5.38 Å². The van der Waals surface area contributed by atoms with Crippen LogP contribution in [-0.4, -0.2) is 11.2 Å². The van der Waals surface area contributed by atoms with E-state index in [2.05, 4.69) is 22.6 Å². The van der Waals surface area contributed by atoms with Crippen LogP contribution in [0.1, 0.15) is 22.8 Å². The van der Waals surface area contributed by atoms with Gasteiger partial charge in [0, 0.05) is 9.13 Å². The SMILES string of the molecule is Cc1ccc(I)c(C(=O)C(C)Cl)c1. The van der Waals surface area contributed by atoms with Crippen LogP contribution >= 0.6 is 34.2 Å². The van der Waals surface area contributed by atoms with Crippen LogP contribution in [0.4, 0.5) is 0 Å². The van der Waals surface area contributed by atoms with Gasteiger partial charge in [0.25, 0.3) is 0 Å². The van der Waals surface area contributed by atoms with Gasteiger partial charge in [0.2, 0.25) is 0 Å². The third-order valence-electron chi connectivity index (χ3n) is 1.75. The quantitative estimate of drug-likeness (QED) is 0.465. The number of ketones is 1. The van der Waals surface area contributed by atoms with Crippen molar-refractivity contribution in [1.29, 1.82) is 0 Å². The van der Waals surface area contributed by atoms with Gasteiger partial charge in [-0.15, -0.1) is 11.6 Å². The van der Waals surface area contributed by atoms with Crippen molar-refractivity contribution in [3.63, 3.8) is 0 Å². The lowest BCUT2D eigenvalue weighted by atomic mass is 10.1. The average Bonchev–Trinajstić information content (AvgIpc) is 2.08. The summed E-state index contributed by atoms with van der Waals surface area (Å²) in [4.78, 5) is 11.6. The number of alkyl halides is 1. The molecule has 0 aromatic heterocycles. The molecule has 0 fully saturated rings. The van der Waals surface area contributed by atoms with Crippen molar-refractivity contribution < 1.29 is 4.79 Å². The van der Waals surface area contributed by atoms with E-state index in [9.17, 15) is 4.79 Å². The van der Waals surface area contributed by atoms with Gasteiger partial charge in [-0.1, -0.05) is 11.6 Å². The van der Waals surface area contributed by atoms with Gasteiger partial charge in [-0.05, 0) is 48.6 Å². The Bertz CT molecular complexity index is 334. The van der Waals surface area contributed by atoms with Crippen LogP contribution < -0.4 is 0 Å². The highest BCUT2D eigenvalue weighted by atomic mass is 127. The van der Waals surface area contributed by atoms with E-state index in [1.54, 1.807) is 6.92 Å². The summed E-state index contributed by atoms with van der Waals surface area (Å²) in [7, 11) is 0. The lowest BCUT2D eigenvalue weighted by Crippen LogP contribution is -2.12. The molecule has 0 heterocycles. The maximum absolute atomic E-state index is 11.6. The molecule has 13 heavy (non-hydrogen) atoms. The van der Waals surface area contributed by atoms with Crippen LogP contribution in [0.5, 0.6) is 0 Å². The summed E-state index contributed by atoms with van der Waals surface area (Å²) in [5.74, 6) is -0.00485. The summed E-state index contributed by atoms with van der Waals surface area (Å²) in [6, 6.07) is 5.79. The van der Waals surface area contributed by atoms with Gasteiger partial charge in [0.05, 0.1) is 5.38 Å². The molecule has 0 saturated carbocycles. The molecule has 1 unspecified atom stereocenters. The molecule has 1 aromatic carbocycles. The molecule has 0 bridgehead atoms. The van der Waals surface area contributed by atoms with E-state index in [1.807, 2.05) is 25.1 Å². The molecule has 1 nitrogen and oxygen atoms in total. The van der Waals surface area contributed by atoms with Crippen molar-refractivity contribution in [2.45, 2.75) is 19.2 Å². The zero-order valence-corrected chi connectivity index (χ0v) is 10.4. The van der Waals surface area contributed by atoms with E-state index in [0.29, 0.717) is 0 Å². The monoisotopic (exact) mass is 308 g/mol. The number of halogens is 2. The van der Waals surface area contributed by atoms with E-state index >= 15 is 0 Å². The predicted octanol–water partition coefficient (Wildman–Crippen LogP) is 3.41. The standard InChI is InChI=1S/C10H10ClIO/c1-6-3-4-9(12)8(5-6)10(13)7(2)11/h3-5,7H,1-2H3. The summed E-state index contributed by atoms with van der Waals surface area (Å²) in [5, 5.41) is -0.449. The van der Waals surface area contributed by atoms with Crippen molar-refractivity contribution in [1.82, 2.24) is 0 Å². The zero-order chi connectivity index (χ0) is 10.0. The Hall–Kier alpha value is -0.0900. The lowest BCUT2D eigenvalue weighted by molar-refractivity contribution is 0.0991. The Morgan fingerprint density at radius 2 is 2.15 bits per heavy atom. The number of carbonyl (C=O) groups excluding carboxylic acids is 1. The van der Waals surface area contributed by atoms with Gasteiger partial charge in [-0.2, -0.15) is 0 Å². The minimum atomic E-state index is -0.449. The van der Waals surface area contributed by atoms with Gasteiger partial charge in [0.1, 0.15) is 0 Å². The summed E-state index contributed by atoms with van der Waals surface area (Å²) in [5.41, 5.74) is 1.81. The average molecular weight is 309 g/mol. The fourth-order valence-corrected chi connectivity index (χ4v) is 1.76. The molecule has 0 amide bonds. The first-order valence-corrected chi connectivity index (χ1v) is 5.48. The molecule has 0 spiro atoms. The maximum Gasteiger partial charge on any atom is 0.181 e. The molecule has 3 heteroatoms. The first-order chi connectivity index (χ1) is 6.02. The van der Waals surface area contributed by atoms with Crippen LogP contribution in [0, 0.1) is 10.5 Å². The zero-order valence-electron chi connectivity index (χ0n) is 7.47. The van der Waals surface area contributed by atoms with Crippen LogP contribution in [-0.2, 0) is 0 Å². The summed E-state index contributed by atoms with van der Waals surface area (Å²) >= 11 is 7.88. The second-order valence-electron chi connectivity index (χ2n) is 2.96. The normalized spacial score (nSPS) is 12.6. The van der Waals surface area contributed by atoms with Gasteiger partial charge >= 0.3 is 0 Å². The number of carbonyl (C=O) groups is 1.